The Hall–Kier alpha value is -1.89. The molecule has 0 radical (unpaired) electrons. The number of nitrogens with zero attached hydrogens (tertiary/aromatic N) is 2. The molecule has 3 rings (SSSR count). The number of benzene rings is 2. The molecule has 26 heavy (non-hydrogen) atoms. The van der Waals surface area contributed by atoms with Crippen LogP contribution in [0.1, 0.15) is 29.6 Å². The fourth-order valence-electron chi connectivity index (χ4n) is 3.04. The number of para-hydroxylation sites is 1. The lowest BCUT2D eigenvalue weighted by atomic mass is 10.2. The molecule has 0 saturated carbocycles. The van der Waals surface area contributed by atoms with Gasteiger partial charge in [0.25, 0.3) is 5.91 Å². The summed E-state index contributed by atoms with van der Waals surface area (Å²) in [7, 11) is -2.05. The van der Waals surface area contributed by atoms with Crippen LogP contribution in [0.3, 0.4) is 0 Å². The topological polar surface area (TPSA) is 57.7 Å². The van der Waals surface area contributed by atoms with E-state index in [4.69, 9.17) is 11.6 Å². The van der Waals surface area contributed by atoms with Crippen LogP contribution in [0.4, 0.5) is 5.69 Å². The Morgan fingerprint density at radius 1 is 1.04 bits per heavy atom. The van der Waals surface area contributed by atoms with Gasteiger partial charge in [-0.05, 0) is 43.2 Å². The molecule has 7 heteroatoms. The van der Waals surface area contributed by atoms with Gasteiger partial charge in [-0.25, -0.2) is 8.42 Å². The molecule has 1 heterocycles. The molecule has 0 atom stereocenters. The highest BCUT2D eigenvalue weighted by Crippen LogP contribution is 2.28. The number of carbonyl (C=O) groups is 1. The van der Waals surface area contributed by atoms with E-state index in [0.29, 0.717) is 13.1 Å². The number of hydrogen-bond donors (Lipinski definition) is 0. The van der Waals surface area contributed by atoms with Gasteiger partial charge >= 0.3 is 0 Å². The molecule has 0 bridgehead atoms. The normalized spacial score (nSPS) is 15.6. The lowest BCUT2D eigenvalue weighted by Crippen LogP contribution is -2.36. The number of rotatable bonds is 4. The second-order valence-corrected chi connectivity index (χ2v) is 8.62. The molecule has 0 spiro atoms. The summed E-state index contributed by atoms with van der Waals surface area (Å²) in [5.74, 6) is -0.289. The molecule has 0 N–H and O–H groups in total. The van der Waals surface area contributed by atoms with E-state index in [-0.39, 0.29) is 21.4 Å². The number of sulfonamides is 1. The van der Waals surface area contributed by atoms with Crippen molar-refractivity contribution in [3.05, 3.63) is 59.1 Å². The first-order chi connectivity index (χ1) is 12.4. The molecular weight excluding hydrogens is 372 g/mol. The van der Waals surface area contributed by atoms with Crippen molar-refractivity contribution in [3.8, 4) is 0 Å². The van der Waals surface area contributed by atoms with Crippen LogP contribution in [0.5, 0.6) is 0 Å². The first kappa shape index (κ1) is 18.9. The first-order valence-corrected chi connectivity index (χ1v) is 10.4. The van der Waals surface area contributed by atoms with Crippen molar-refractivity contribution in [3.63, 3.8) is 0 Å². The summed E-state index contributed by atoms with van der Waals surface area (Å²) < 4.78 is 27.3. The number of amides is 1. The fourth-order valence-corrected chi connectivity index (χ4v) is 5.06. The Morgan fingerprint density at radius 3 is 2.35 bits per heavy atom. The van der Waals surface area contributed by atoms with Gasteiger partial charge in [0, 0.05) is 31.4 Å². The fraction of sp³-hybridized carbons (Fsp3) is 0.316. The summed E-state index contributed by atoms with van der Waals surface area (Å²) >= 11 is 6.17. The average molecular weight is 393 g/mol. The maximum Gasteiger partial charge on any atom is 0.258 e. The quantitative estimate of drug-likeness (QED) is 0.795. The molecule has 1 saturated heterocycles. The molecule has 1 aliphatic rings. The van der Waals surface area contributed by atoms with Gasteiger partial charge in [0.15, 0.2) is 0 Å². The van der Waals surface area contributed by atoms with Gasteiger partial charge in [0.1, 0.15) is 4.90 Å². The number of carbonyl (C=O) groups excluding carboxylic acids is 1. The summed E-state index contributed by atoms with van der Waals surface area (Å²) in [5.41, 5.74) is 1.02. The predicted octanol–water partition coefficient (Wildman–Crippen LogP) is 3.79. The van der Waals surface area contributed by atoms with Crippen molar-refractivity contribution in [1.29, 1.82) is 0 Å². The van der Waals surface area contributed by atoms with Crippen LogP contribution in [0.2, 0.25) is 5.02 Å². The molecule has 0 aromatic heterocycles. The van der Waals surface area contributed by atoms with Crippen molar-refractivity contribution in [2.24, 2.45) is 0 Å². The molecule has 0 unspecified atom stereocenters. The monoisotopic (exact) mass is 392 g/mol. The number of halogens is 1. The van der Waals surface area contributed by atoms with Gasteiger partial charge in [0.05, 0.1) is 5.02 Å². The third kappa shape index (κ3) is 3.77. The highest BCUT2D eigenvalue weighted by Gasteiger charge is 2.29. The Balaban J connectivity index is 1.93. The molecule has 1 aliphatic heterocycles. The standard InChI is InChI=1S/C19H21ClN2O3S/c1-21(16-8-4-2-5-9-16)19(23)15-10-11-17(20)18(14-15)26(24,25)22-12-6-3-7-13-22/h2,4-5,8-11,14H,3,6-7,12-13H2,1H3. The van der Waals surface area contributed by atoms with E-state index in [9.17, 15) is 13.2 Å². The minimum absolute atomic E-state index is 0.00613. The van der Waals surface area contributed by atoms with E-state index in [1.54, 1.807) is 13.1 Å². The number of hydrogen-bond acceptors (Lipinski definition) is 3. The lowest BCUT2D eigenvalue weighted by molar-refractivity contribution is 0.0993. The van der Waals surface area contributed by atoms with Crippen LogP contribution in [0.15, 0.2) is 53.4 Å². The van der Waals surface area contributed by atoms with E-state index in [0.717, 1.165) is 24.9 Å². The van der Waals surface area contributed by atoms with Gasteiger partial charge in [0.2, 0.25) is 10.0 Å². The third-order valence-corrected chi connectivity index (χ3v) is 6.94. The van der Waals surface area contributed by atoms with Crippen LogP contribution in [0, 0.1) is 0 Å². The minimum Gasteiger partial charge on any atom is -0.311 e. The molecule has 0 aliphatic carbocycles. The van der Waals surface area contributed by atoms with Crippen molar-refractivity contribution >= 4 is 33.2 Å². The average Bonchev–Trinajstić information content (AvgIpc) is 2.68. The van der Waals surface area contributed by atoms with E-state index in [1.165, 1.54) is 21.3 Å². The zero-order valence-electron chi connectivity index (χ0n) is 14.6. The number of piperidine rings is 1. The third-order valence-electron chi connectivity index (χ3n) is 4.56. The molecule has 138 valence electrons. The predicted molar refractivity (Wildman–Crippen MR) is 103 cm³/mol. The van der Waals surface area contributed by atoms with E-state index in [1.807, 2.05) is 30.3 Å². The molecular formula is C19H21ClN2O3S. The van der Waals surface area contributed by atoms with Gasteiger partial charge in [-0.2, -0.15) is 4.31 Å². The highest BCUT2D eigenvalue weighted by molar-refractivity contribution is 7.89. The second-order valence-electron chi connectivity index (χ2n) is 6.31. The van der Waals surface area contributed by atoms with Crippen LogP contribution in [0.25, 0.3) is 0 Å². The van der Waals surface area contributed by atoms with Crippen LogP contribution >= 0.6 is 11.6 Å². The van der Waals surface area contributed by atoms with Crippen molar-refractivity contribution in [2.75, 3.05) is 25.0 Å². The molecule has 2 aromatic rings. The van der Waals surface area contributed by atoms with E-state index >= 15 is 0 Å². The van der Waals surface area contributed by atoms with Crippen LogP contribution in [-0.2, 0) is 10.0 Å². The maximum absolute atomic E-state index is 12.9. The second kappa shape index (κ2) is 7.78. The molecule has 5 nitrogen and oxygen atoms in total. The van der Waals surface area contributed by atoms with Gasteiger partial charge < -0.3 is 4.90 Å². The molecule has 1 amide bonds. The van der Waals surface area contributed by atoms with E-state index in [2.05, 4.69) is 0 Å². The maximum atomic E-state index is 12.9. The number of anilines is 1. The summed E-state index contributed by atoms with van der Waals surface area (Å²) in [6.45, 7) is 0.974. The zero-order chi connectivity index (χ0) is 18.7. The van der Waals surface area contributed by atoms with Crippen LogP contribution < -0.4 is 4.90 Å². The smallest absolute Gasteiger partial charge is 0.258 e. The summed E-state index contributed by atoms with van der Waals surface area (Å²) in [6.07, 6.45) is 2.71. The summed E-state index contributed by atoms with van der Waals surface area (Å²) in [4.78, 5) is 14.3. The first-order valence-electron chi connectivity index (χ1n) is 8.54. The largest absolute Gasteiger partial charge is 0.311 e. The van der Waals surface area contributed by atoms with Crippen molar-refractivity contribution in [2.45, 2.75) is 24.2 Å². The van der Waals surface area contributed by atoms with Crippen molar-refractivity contribution in [1.82, 2.24) is 4.31 Å². The molecule has 1 fully saturated rings. The van der Waals surface area contributed by atoms with Crippen molar-refractivity contribution < 1.29 is 13.2 Å². The van der Waals surface area contributed by atoms with Gasteiger partial charge in [-0.15, -0.1) is 0 Å². The van der Waals surface area contributed by atoms with Crippen LogP contribution in [-0.4, -0.2) is 38.8 Å². The Bertz CT molecular complexity index is 894. The Labute approximate surface area is 159 Å². The zero-order valence-corrected chi connectivity index (χ0v) is 16.1. The van der Waals surface area contributed by atoms with E-state index < -0.39 is 10.0 Å². The van der Waals surface area contributed by atoms with Gasteiger partial charge in [-0.3, -0.25) is 4.79 Å². The highest BCUT2D eigenvalue weighted by atomic mass is 35.5. The summed E-state index contributed by atoms with van der Waals surface area (Å²) in [5, 5.41) is 0.134. The Morgan fingerprint density at radius 2 is 1.69 bits per heavy atom. The van der Waals surface area contributed by atoms with Gasteiger partial charge in [-0.1, -0.05) is 36.2 Å². The SMILES string of the molecule is CN(C(=O)c1ccc(Cl)c(S(=O)(=O)N2CCCCC2)c1)c1ccccc1. The Kier molecular flexibility index (Phi) is 5.65. The summed E-state index contributed by atoms with van der Waals surface area (Å²) in [6, 6.07) is 13.6. The minimum atomic E-state index is -3.71. The molecule has 2 aromatic carbocycles. The lowest BCUT2D eigenvalue weighted by Gasteiger charge is -2.26.